The number of Topliss-reactive ketones (excluding diaryl/α,β-unsaturated/α-hetero) is 3. The molecule has 0 saturated carbocycles. The molecular weight excluding hydrogens is 448 g/mol. The minimum atomic E-state index is -0.158. The van der Waals surface area contributed by atoms with Gasteiger partial charge >= 0.3 is 0 Å². The fraction of sp³-hybridized carbons (Fsp3) is 0.875. The summed E-state index contributed by atoms with van der Waals surface area (Å²) in [7, 11) is 0. The van der Waals surface area contributed by atoms with Crippen LogP contribution in [-0.4, -0.2) is 62.6 Å². The van der Waals surface area contributed by atoms with Gasteiger partial charge in [-0.05, 0) is 104 Å². The summed E-state index contributed by atoms with van der Waals surface area (Å²) in [6.45, 7) is 13.6. The second-order valence-corrected chi connectivity index (χ2v) is 12.6. The average molecular weight is 493 g/mol. The van der Waals surface area contributed by atoms with Gasteiger partial charge in [0.1, 0.15) is 17.3 Å². The van der Waals surface area contributed by atoms with E-state index in [2.05, 4.69) is 6.92 Å². The molecular formula is C24H44O4S3. The summed E-state index contributed by atoms with van der Waals surface area (Å²) >= 11 is 5.18. The highest BCUT2D eigenvalue weighted by Gasteiger charge is 2.30. The number of rotatable bonds is 20. The summed E-state index contributed by atoms with van der Waals surface area (Å²) in [4.78, 5) is 34.5. The monoisotopic (exact) mass is 492 g/mol. The van der Waals surface area contributed by atoms with Crippen molar-refractivity contribution in [3.63, 3.8) is 0 Å². The maximum absolute atomic E-state index is 11.5. The Morgan fingerprint density at radius 2 is 0.968 bits per heavy atom. The molecule has 0 rings (SSSR count). The largest absolute Gasteiger partial charge is 0.375 e. The fourth-order valence-electron chi connectivity index (χ4n) is 3.21. The van der Waals surface area contributed by atoms with E-state index in [1.165, 1.54) is 0 Å². The number of carbonyl (C=O) groups is 3. The summed E-state index contributed by atoms with van der Waals surface area (Å²) in [5, 5.41) is 0.154. The lowest BCUT2D eigenvalue weighted by Gasteiger charge is -2.34. The number of hydrogen-bond acceptors (Lipinski definition) is 7. The Balaban J connectivity index is 4.85. The van der Waals surface area contributed by atoms with E-state index < -0.39 is 0 Å². The van der Waals surface area contributed by atoms with Crippen molar-refractivity contribution in [3.8, 4) is 0 Å². The van der Waals surface area contributed by atoms with Crippen molar-refractivity contribution < 1.29 is 19.1 Å². The Morgan fingerprint density at radius 1 is 0.677 bits per heavy atom. The van der Waals surface area contributed by atoms with E-state index >= 15 is 0 Å². The molecule has 0 amide bonds. The number of ether oxygens (including phenoxy) is 1. The lowest BCUT2D eigenvalue weighted by Crippen LogP contribution is -2.34. The Morgan fingerprint density at radius 3 is 1.19 bits per heavy atom. The minimum Gasteiger partial charge on any atom is -0.375 e. The number of carbonyl (C=O) groups excluding carboxylic acids is 3. The number of ketones is 3. The lowest BCUT2D eigenvalue weighted by atomic mass is 9.88. The van der Waals surface area contributed by atoms with Gasteiger partial charge in [-0.15, -0.1) is 0 Å². The van der Waals surface area contributed by atoms with Crippen LogP contribution in [0.5, 0.6) is 0 Å². The molecule has 0 aromatic rings. The Bertz CT molecular complexity index is 470. The van der Waals surface area contributed by atoms with Crippen LogP contribution in [-0.2, 0) is 19.1 Å². The molecule has 3 atom stereocenters. The quantitative estimate of drug-likeness (QED) is 0.187. The molecule has 0 saturated heterocycles. The molecule has 0 aromatic heterocycles. The zero-order valence-electron chi connectivity index (χ0n) is 20.7. The summed E-state index contributed by atoms with van der Waals surface area (Å²) in [6.07, 6.45) is 6.03. The highest BCUT2D eigenvalue weighted by Crippen LogP contribution is 2.33. The van der Waals surface area contributed by atoms with Crippen LogP contribution in [0, 0.1) is 0 Å². The minimum absolute atomic E-state index is 0.0513. The third kappa shape index (κ3) is 14.7. The van der Waals surface area contributed by atoms with Crippen molar-refractivity contribution in [1.29, 1.82) is 0 Å². The normalized spacial score (nSPS) is 16.4. The molecule has 31 heavy (non-hydrogen) atoms. The van der Waals surface area contributed by atoms with E-state index in [9.17, 15) is 14.4 Å². The van der Waals surface area contributed by atoms with Gasteiger partial charge in [-0.1, -0.05) is 0 Å². The van der Waals surface area contributed by atoms with Gasteiger partial charge in [0.2, 0.25) is 0 Å². The van der Waals surface area contributed by atoms with E-state index in [1.807, 2.05) is 20.8 Å². The first-order valence-electron chi connectivity index (χ1n) is 11.5. The zero-order valence-corrected chi connectivity index (χ0v) is 23.1. The summed E-state index contributed by atoms with van der Waals surface area (Å²) in [5.74, 6) is 3.57. The van der Waals surface area contributed by atoms with Crippen LogP contribution < -0.4 is 0 Å². The molecule has 7 heteroatoms. The third-order valence-electron chi connectivity index (χ3n) is 5.60. The van der Waals surface area contributed by atoms with Crippen LogP contribution in [0.4, 0.5) is 0 Å². The van der Waals surface area contributed by atoms with Gasteiger partial charge in [0.25, 0.3) is 0 Å². The van der Waals surface area contributed by atoms with Gasteiger partial charge in [-0.3, -0.25) is 14.4 Å². The van der Waals surface area contributed by atoms with E-state index in [0.717, 1.165) is 55.8 Å². The van der Waals surface area contributed by atoms with Gasteiger partial charge < -0.3 is 4.74 Å². The first-order valence-corrected chi connectivity index (χ1v) is 14.7. The van der Waals surface area contributed by atoms with Crippen LogP contribution in [0.25, 0.3) is 0 Å². The average Bonchev–Trinajstić information content (AvgIpc) is 2.71. The first kappa shape index (κ1) is 31.0. The Kier molecular flexibility index (Phi) is 17.5. The lowest BCUT2D eigenvalue weighted by molar-refractivity contribution is -0.117. The summed E-state index contributed by atoms with van der Waals surface area (Å²) in [5.41, 5.74) is -0.158. The third-order valence-corrected chi connectivity index (χ3v) is 9.67. The van der Waals surface area contributed by atoms with E-state index in [1.54, 1.807) is 56.1 Å². The highest BCUT2D eigenvalue weighted by atomic mass is 32.2. The second kappa shape index (κ2) is 17.5. The second-order valence-electron chi connectivity index (χ2n) is 8.30. The van der Waals surface area contributed by atoms with E-state index in [-0.39, 0.29) is 38.7 Å². The van der Waals surface area contributed by atoms with Crippen molar-refractivity contribution in [2.24, 2.45) is 0 Å². The van der Waals surface area contributed by atoms with E-state index in [4.69, 9.17) is 4.74 Å². The van der Waals surface area contributed by atoms with Gasteiger partial charge in [-0.2, -0.15) is 35.3 Å². The predicted molar refractivity (Wildman–Crippen MR) is 140 cm³/mol. The molecule has 0 heterocycles. The van der Waals surface area contributed by atoms with E-state index in [0.29, 0.717) is 6.61 Å². The van der Waals surface area contributed by atoms with Crippen molar-refractivity contribution in [1.82, 2.24) is 0 Å². The van der Waals surface area contributed by atoms with Crippen molar-refractivity contribution in [2.75, 3.05) is 23.9 Å². The maximum atomic E-state index is 11.5. The van der Waals surface area contributed by atoms with Crippen molar-refractivity contribution in [3.05, 3.63) is 0 Å². The Hall–Kier alpha value is 0.0200. The van der Waals surface area contributed by atoms with Crippen LogP contribution in [0.3, 0.4) is 0 Å². The molecule has 0 aliphatic heterocycles. The van der Waals surface area contributed by atoms with Crippen LogP contribution >= 0.6 is 35.3 Å². The number of thioether (sulfide) groups is 3. The molecule has 4 nitrogen and oxygen atoms in total. The SMILES string of the molecule is CCOC(CCCSC(C)C(C)=O)(CCCSC(C)C(C)=O)CCCSC(C)C(C)=O. The standard InChI is InChI=1S/C24H44O4S3/c1-8-28-24(12-9-15-29-21(5)18(2)25,13-10-16-30-22(6)19(3)26)14-11-17-31-23(7)20(4)27/h21-23H,8-17H2,1-7H3. The van der Waals surface area contributed by atoms with Gasteiger partial charge in [0.05, 0.1) is 21.4 Å². The zero-order chi connectivity index (χ0) is 23.9. The van der Waals surface area contributed by atoms with Gasteiger partial charge in [0.15, 0.2) is 0 Å². The molecule has 3 unspecified atom stereocenters. The number of hydrogen-bond donors (Lipinski definition) is 0. The first-order chi connectivity index (χ1) is 14.5. The summed E-state index contributed by atoms with van der Waals surface area (Å²) in [6, 6.07) is 0. The van der Waals surface area contributed by atoms with Gasteiger partial charge in [-0.25, -0.2) is 0 Å². The predicted octanol–water partition coefficient (Wildman–Crippen LogP) is 6.23. The Labute approximate surface area is 203 Å². The fourth-order valence-corrected chi connectivity index (χ4v) is 5.91. The molecule has 0 radical (unpaired) electrons. The van der Waals surface area contributed by atoms with Crippen LogP contribution in [0.2, 0.25) is 0 Å². The van der Waals surface area contributed by atoms with Crippen LogP contribution in [0.15, 0.2) is 0 Å². The van der Waals surface area contributed by atoms with Crippen molar-refractivity contribution in [2.45, 2.75) is 108 Å². The van der Waals surface area contributed by atoms with Crippen molar-refractivity contribution >= 4 is 52.6 Å². The van der Waals surface area contributed by atoms with Crippen LogP contribution in [0.1, 0.15) is 87.0 Å². The van der Waals surface area contributed by atoms with Gasteiger partial charge in [0, 0.05) is 6.61 Å². The molecule has 0 aliphatic carbocycles. The molecule has 0 fully saturated rings. The smallest absolute Gasteiger partial charge is 0.142 e. The molecule has 0 N–H and O–H groups in total. The molecule has 0 aromatic carbocycles. The molecule has 0 spiro atoms. The molecule has 0 bridgehead atoms. The molecule has 182 valence electrons. The molecule has 0 aliphatic rings. The highest BCUT2D eigenvalue weighted by molar-refractivity contribution is 8.01. The topological polar surface area (TPSA) is 60.4 Å². The summed E-state index contributed by atoms with van der Waals surface area (Å²) < 4.78 is 6.36. The maximum Gasteiger partial charge on any atom is 0.142 e.